The highest BCUT2D eigenvalue weighted by atomic mass is 16.2. The van der Waals surface area contributed by atoms with Crippen LogP contribution in [0.15, 0.2) is 30.3 Å². The lowest BCUT2D eigenvalue weighted by molar-refractivity contribution is -0.131. The molecule has 0 fully saturated rings. The number of carbonyl (C=O) groups is 1. The van der Waals surface area contributed by atoms with Crippen molar-refractivity contribution >= 4 is 5.91 Å². The van der Waals surface area contributed by atoms with Crippen molar-refractivity contribution in [3.63, 3.8) is 0 Å². The minimum absolute atomic E-state index is 0.141. The molecule has 0 aliphatic carbocycles. The Bertz CT molecular complexity index is 392. The number of nitrogens with two attached hydrogens (primary N) is 1. The van der Waals surface area contributed by atoms with E-state index in [0.717, 1.165) is 31.6 Å². The van der Waals surface area contributed by atoms with Gasteiger partial charge in [-0.15, -0.1) is 0 Å². The van der Waals surface area contributed by atoms with Crippen molar-refractivity contribution in [2.45, 2.75) is 25.8 Å². The normalized spacial score (nSPS) is 12.4. The highest BCUT2D eigenvalue weighted by Crippen LogP contribution is 2.14. The molecule has 1 rings (SSSR count). The maximum atomic E-state index is 12.3. The molecule has 0 radical (unpaired) electrons. The Hall–Kier alpha value is -1.39. The summed E-state index contributed by atoms with van der Waals surface area (Å²) < 4.78 is 0. The fourth-order valence-electron chi connectivity index (χ4n) is 2.17. The number of nitrogens with zero attached hydrogens (tertiary/aromatic N) is 2. The standard InChI is InChI=1S/C16H27N3O/c1-4-19(12-8-11-18(2)3)16(20)13-15(17)14-9-6-5-7-10-14/h5-7,9-10,15H,4,8,11-13,17H2,1-3H3. The van der Waals surface area contributed by atoms with Crippen LogP contribution in [0, 0.1) is 0 Å². The van der Waals surface area contributed by atoms with E-state index in [2.05, 4.69) is 4.90 Å². The van der Waals surface area contributed by atoms with Crippen LogP contribution < -0.4 is 5.73 Å². The van der Waals surface area contributed by atoms with E-state index in [4.69, 9.17) is 5.73 Å². The molecule has 4 heteroatoms. The first-order chi connectivity index (χ1) is 9.54. The molecule has 0 saturated heterocycles. The molecule has 0 aliphatic heterocycles. The molecule has 0 aromatic heterocycles. The third-order valence-corrected chi connectivity index (χ3v) is 3.39. The third kappa shape index (κ3) is 5.72. The molecule has 0 heterocycles. The number of amides is 1. The lowest BCUT2D eigenvalue weighted by Gasteiger charge is -2.23. The maximum Gasteiger partial charge on any atom is 0.224 e. The molecule has 1 aromatic carbocycles. The van der Waals surface area contributed by atoms with Crippen molar-refractivity contribution in [2.24, 2.45) is 5.73 Å². The van der Waals surface area contributed by atoms with Crippen molar-refractivity contribution in [2.75, 3.05) is 33.7 Å². The van der Waals surface area contributed by atoms with Gasteiger partial charge in [-0.05, 0) is 39.5 Å². The van der Waals surface area contributed by atoms with Crippen LogP contribution in [0.25, 0.3) is 0 Å². The zero-order valence-corrected chi connectivity index (χ0v) is 12.9. The summed E-state index contributed by atoms with van der Waals surface area (Å²) in [4.78, 5) is 16.3. The van der Waals surface area contributed by atoms with E-state index in [1.807, 2.05) is 56.3 Å². The molecule has 2 N–H and O–H groups in total. The predicted octanol–water partition coefficient (Wildman–Crippen LogP) is 1.88. The second kappa shape index (κ2) is 8.72. The molecule has 1 aromatic rings. The summed E-state index contributed by atoms with van der Waals surface area (Å²) in [7, 11) is 4.09. The lowest BCUT2D eigenvalue weighted by atomic mass is 10.0. The zero-order chi connectivity index (χ0) is 15.0. The SMILES string of the molecule is CCN(CCCN(C)C)C(=O)CC(N)c1ccccc1. The molecule has 0 bridgehead atoms. The number of carbonyl (C=O) groups excluding carboxylic acids is 1. The van der Waals surface area contributed by atoms with Crippen LogP contribution in [0.2, 0.25) is 0 Å². The van der Waals surface area contributed by atoms with E-state index in [9.17, 15) is 4.79 Å². The van der Waals surface area contributed by atoms with Gasteiger partial charge in [0.05, 0.1) is 0 Å². The molecule has 0 saturated carbocycles. The van der Waals surface area contributed by atoms with Gasteiger partial charge in [0.15, 0.2) is 0 Å². The second-order valence-electron chi connectivity index (χ2n) is 5.35. The topological polar surface area (TPSA) is 49.6 Å². The Morgan fingerprint density at radius 3 is 2.40 bits per heavy atom. The molecular formula is C16H27N3O. The number of benzene rings is 1. The largest absolute Gasteiger partial charge is 0.343 e. The van der Waals surface area contributed by atoms with Crippen molar-refractivity contribution in [1.82, 2.24) is 9.80 Å². The minimum Gasteiger partial charge on any atom is -0.343 e. The lowest BCUT2D eigenvalue weighted by Crippen LogP contribution is -2.35. The number of hydrogen-bond donors (Lipinski definition) is 1. The smallest absolute Gasteiger partial charge is 0.224 e. The Morgan fingerprint density at radius 2 is 1.85 bits per heavy atom. The van der Waals surface area contributed by atoms with Crippen LogP contribution in [0.3, 0.4) is 0 Å². The van der Waals surface area contributed by atoms with E-state index < -0.39 is 0 Å². The van der Waals surface area contributed by atoms with Gasteiger partial charge >= 0.3 is 0 Å². The van der Waals surface area contributed by atoms with E-state index in [0.29, 0.717) is 6.42 Å². The summed E-state index contributed by atoms with van der Waals surface area (Å²) in [5, 5.41) is 0. The summed E-state index contributed by atoms with van der Waals surface area (Å²) in [6.45, 7) is 4.55. The molecule has 1 unspecified atom stereocenters. The van der Waals surface area contributed by atoms with Gasteiger partial charge in [0, 0.05) is 25.6 Å². The van der Waals surface area contributed by atoms with Crippen molar-refractivity contribution in [3.05, 3.63) is 35.9 Å². The van der Waals surface area contributed by atoms with Gasteiger partial charge in [0.2, 0.25) is 5.91 Å². The molecule has 1 atom stereocenters. The van der Waals surface area contributed by atoms with Gasteiger partial charge in [-0.3, -0.25) is 4.79 Å². The molecule has 1 amide bonds. The summed E-state index contributed by atoms with van der Waals surface area (Å²) in [5.41, 5.74) is 7.13. The van der Waals surface area contributed by atoms with Gasteiger partial charge in [-0.2, -0.15) is 0 Å². The Labute approximate surface area is 122 Å². The monoisotopic (exact) mass is 277 g/mol. The molecule has 112 valence electrons. The van der Waals surface area contributed by atoms with E-state index in [1.165, 1.54) is 0 Å². The van der Waals surface area contributed by atoms with E-state index in [-0.39, 0.29) is 11.9 Å². The van der Waals surface area contributed by atoms with Gasteiger partial charge in [0.1, 0.15) is 0 Å². The summed E-state index contributed by atoms with van der Waals surface area (Å²) in [5.74, 6) is 0.141. The Morgan fingerprint density at radius 1 is 1.20 bits per heavy atom. The van der Waals surface area contributed by atoms with Gasteiger partial charge in [0.25, 0.3) is 0 Å². The molecule has 20 heavy (non-hydrogen) atoms. The van der Waals surface area contributed by atoms with Crippen LogP contribution in [0.4, 0.5) is 0 Å². The highest BCUT2D eigenvalue weighted by molar-refractivity contribution is 5.77. The fraction of sp³-hybridized carbons (Fsp3) is 0.562. The first-order valence-corrected chi connectivity index (χ1v) is 7.27. The first kappa shape index (κ1) is 16.7. The highest BCUT2D eigenvalue weighted by Gasteiger charge is 2.16. The quantitative estimate of drug-likeness (QED) is 0.789. The second-order valence-corrected chi connectivity index (χ2v) is 5.35. The van der Waals surface area contributed by atoms with Crippen LogP contribution in [0.5, 0.6) is 0 Å². The third-order valence-electron chi connectivity index (χ3n) is 3.39. The van der Waals surface area contributed by atoms with Crippen molar-refractivity contribution in [3.8, 4) is 0 Å². The van der Waals surface area contributed by atoms with Gasteiger partial charge < -0.3 is 15.5 Å². The summed E-state index contributed by atoms with van der Waals surface area (Å²) in [6.07, 6.45) is 1.37. The minimum atomic E-state index is -0.216. The van der Waals surface area contributed by atoms with Crippen LogP contribution in [-0.2, 0) is 4.79 Å². The summed E-state index contributed by atoms with van der Waals surface area (Å²) in [6, 6.07) is 9.59. The van der Waals surface area contributed by atoms with E-state index in [1.54, 1.807) is 0 Å². The number of hydrogen-bond acceptors (Lipinski definition) is 3. The summed E-state index contributed by atoms with van der Waals surface area (Å²) >= 11 is 0. The Balaban J connectivity index is 2.46. The zero-order valence-electron chi connectivity index (χ0n) is 12.9. The first-order valence-electron chi connectivity index (χ1n) is 7.27. The maximum absolute atomic E-state index is 12.3. The van der Waals surface area contributed by atoms with Crippen LogP contribution >= 0.6 is 0 Å². The predicted molar refractivity (Wildman–Crippen MR) is 83.4 cm³/mol. The van der Waals surface area contributed by atoms with Crippen molar-refractivity contribution in [1.29, 1.82) is 0 Å². The van der Waals surface area contributed by atoms with Crippen molar-refractivity contribution < 1.29 is 4.79 Å². The van der Waals surface area contributed by atoms with Gasteiger partial charge in [-0.25, -0.2) is 0 Å². The molecule has 0 spiro atoms. The van der Waals surface area contributed by atoms with E-state index >= 15 is 0 Å². The van der Waals surface area contributed by atoms with Crippen LogP contribution in [0.1, 0.15) is 31.4 Å². The fourth-order valence-corrected chi connectivity index (χ4v) is 2.17. The molecular weight excluding hydrogens is 250 g/mol. The van der Waals surface area contributed by atoms with Crippen LogP contribution in [-0.4, -0.2) is 49.4 Å². The average molecular weight is 277 g/mol. The number of rotatable bonds is 8. The average Bonchev–Trinajstić information content (AvgIpc) is 2.44. The molecule has 4 nitrogen and oxygen atoms in total. The van der Waals surface area contributed by atoms with Gasteiger partial charge in [-0.1, -0.05) is 30.3 Å². The molecule has 0 aliphatic rings. The Kier molecular flexibility index (Phi) is 7.26.